The van der Waals surface area contributed by atoms with Gasteiger partial charge in [0.2, 0.25) is 0 Å². The van der Waals surface area contributed by atoms with Gasteiger partial charge in [0, 0.05) is 12.1 Å². The predicted molar refractivity (Wildman–Crippen MR) is 78.9 cm³/mol. The van der Waals surface area contributed by atoms with E-state index in [9.17, 15) is 4.39 Å². The van der Waals surface area contributed by atoms with Crippen molar-refractivity contribution in [1.29, 1.82) is 0 Å². The Morgan fingerprint density at radius 1 is 1.10 bits per heavy atom. The fourth-order valence-electron chi connectivity index (χ4n) is 2.14. The Labute approximate surface area is 122 Å². The second-order valence-corrected chi connectivity index (χ2v) is 4.56. The zero-order valence-corrected chi connectivity index (χ0v) is 11.6. The zero-order chi connectivity index (χ0) is 14.7. The van der Waals surface area contributed by atoms with Gasteiger partial charge in [0.25, 0.3) is 0 Å². The van der Waals surface area contributed by atoms with Crippen LogP contribution in [0.1, 0.15) is 5.56 Å². The molecule has 0 saturated heterocycles. The molecule has 0 bridgehead atoms. The predicted octanol–water partition coefficient (Wildman–Crippen LogP) is 2.98. The van der Waals surface area contributed by atoms with Gasteiger partial charge in [-0.25, -0.2) is 4.39 Å². The number of halogens is 1. The molecule has 0 unspecified atom stereocenters. The van der Waals surface area contributed by atoms with Gasteiger partial charge >= 0.3 is 0 Å². The van der Waals surface area contributed by atoms with Crippen LogP contribution in [0.2, 0.25) is 0 Å². The summed E-state index contributed by atoms with van der Waals surface area (Å²) < 4.78 is 25.0. The molecule has 1 heterocycles. The third-order valence-corrected chi connectivity index (χ3v) is 3.17. The molecule has 2 aromatic rings. The first-order valence-electron chi connectivity index (χ1n) is 6.67. The molecule has 0 radical (unpaired) electrons. The first-order chi connectivity index (χ1) is 10.3. The van der Waals surface area contributed by atoms with Gasteiger partial charge in [0.1, 0.15) is 5.84 Å². The molecule has 0 spiro atoms. The minimum absolute atomic E-state index is 0.154. The van der Waals surface area contributed by atoms with Crippen molar-refractivity contribution in [3.63, 3.8) is 0 Å². The number of nitrogens with one attached hydrogen (secondary N) is 1. The quantitative estimate of drug-likeness (QED) is 0.939. The lowest BCUT2D eigenvalue weighted by Crippen LogP contribution is -2.19. The fraction of sp³-hybridized carbons (Fsp3) is 0.188. The van der Waals surface area contributed by atoms with Crippen molar-refractivity contribution in [2.24, 2.45) is 4.99 Å². The molecule has 0 aromatic heterocycles. The van der Waals surface area contributed by atoms with Crippen molar-refractivity contribution in [2.45, 2.75) is 0 Å². The summed E-state index contributed by atoms with van der Waals surface area (Å²) >= 11 is 0. The normalized spacial score (nSPS) is 13.5. The first-order valence-corrected chi connectivity index (χ1v) is 6.67. The van der Waals surface area contributed by atoms with Crippen LogP contribution in [0.4, 0.5) is 4.39 Å². The number of nitrogens with zero attached hydrogens (tertiary/aromatic N) is 1. The van der Waals surface area contributed by atoms with Crippen LogP contribution in [0.5, 0.6) is 17.2 Å². The van der Waals surface area contributed by atoms with Gasteiger partial charge in [0.15, 0.2) is 23.1 Å². The Morgan fingerprint density at radius 2 is 1.90 bits per heavy atom. The minimum Gasteiger partial charge on any atom is -0.493 e. The maximum absolute atomic E-state index is 14.2. The number of amidine groups is 1. The Kier molecular flexibility index (Phi) is 3.73. The minimum atomic E-state index is -0.435. The lowest BCUT2D eigenvalue weighted by molar-refractivity contribution is 0.371. The van der Waals surface area contributed by atoms with E-state index in [0.29, 0.717) is 11.5 Å². The van der Waals surface area contributed by atoms with E-state index in [1.165, 1.54) is 6.07 Å². The topological polar surface area (TPSA) is 42.9 Å². The van der Waals surface area contributed by atoms with Gasteiger partial charge in [-0.05, 0) is 30.3 Å². The number of hydrogen-bond acceptors (Lipinski definition) is 4. The highest BCUT2D eigenvalue weighted by atomic mass is 19.1. The van der Waals surface area contributed by atoms with Crippen molar-refractivity contribution in [1.82, 2.24) is 5.32 Å². The van der Waals surface area contributed by atoms with Crippen LogP contribution < -0.4 is 14.8 Å². The molecule has 5 heteroatoms. The molecular weight excluding hydrogens is 271 g/mol. The molecule has 21 heavy (non-hydrogen) atoms. The lowest BCUT2D eigenvalue weighted by atomic mass is 10.2. The van der Waals surface area contributed by atoms with Crippen LogP contribution in [0, 0.1) is 5.82 Å². The van der Waals surface area contributed by atoms with Gasteiger partial charge in [-0.3, -0.25) is 4.99 Å². The largest absolute Gasteiger partial charge is 0.493 e. The third kappa shape index (κ3) is 2.81. The summed E-state index contributed by atoms with van der Waals surface area (Å²) in [5.74, 6) is 1.47. The van der Waals surface area contributed by atoms with Crippen molar-refractivity contribution >= 4 is 5.84 Å². The number of aliphatic imine (C=N–C) groups is 1. The highest BCUT2D eigenvalue weighted by molar-refractivity contribution is 5.99. The van der Waals surface area contributed by atoms with E-state index in [4.69, 9.17) is 9.47 Å². The Morgan fingerprint density at radius 3 is 2.57 bits per heavy atom. The van der Waals surface area contributed by atoms with E-state index in [1.807, 2.05) is 6.07 Å². The SMILES string of the molecule is COc1ccccc1Oc1ccc(C2=NCCN2)cc1F. The van der Waals surface area contributed by atoms with Gasteiger partial charge < -0.3 is 14.8 Å². The summed E-state index contributed by atoms with van der Waals surface area (Å²) in [6.07, 6.45) is 0. The summed E-state index contributed by atoms with van der Waals surface area (Å²) in [6, 6.07) is 11.9. The van der Waals surface area contributed by atoms with Crippen LogP contribution in [0.3, 0.4) is 0 Å². The van der Waals surface area contributed by atoms with Crippen LogP contribution >= 0.6 is 0 Å². The highest BCUT2D eigenvalue weighted by Crippen LogP contribution is 2.32. The average Bonchev–Trinajstić information content (AvgIpc) is 3.04. The standard InChI is InChI=1S/C16H15FN2O2/c1-20-14-4-2-3-5-15(14)21-13-7-6-11(10-12(13)17)16-18-8-9-19-16/h2-7,10H,8-9H2,1H3,(H,18,19). The number of hydrogen-bond donors (Lipinski definition) is 1. The van der Waals surface area contributed by atoms with Gasteiger partial charge in [0.05, 0.1) is 13.7 Å². The Balaban J connectivity index is 1.86. The molecule has 0 atom stereocenters. The maximum atomic E-state index is 14.2. The van der Waals surface area contributed by atoms with Crippen LogP contribution in [-0.2, 0) is 0 Å². The van der Waals surface area contributed by atoms with Gasteiger partial charge in [-0.15, -0.1) is 0 Å². The van der Waals surface area contributed by atoms with Crippen LogP contribution in [0.15, 0.2) is 47.5 Å². The molecule has 3 rings (SSSR count). The second-order valence-electron chi connectivity index (χ2n) is 4.56. The van der Waals surface area contributed by atoms with Gasteiger partial charge in [-0.2, -0.15) is 0 Å². The summed E-state index contributed by atoms with van der Waals surface area (Å²) in [5.41, 5.74) is 0.720. The zero-order valence-electron chi connectivity index (χ0n) is 11.6. The summed E-state index contributed by atoms with van der Waals surface area (Å²) in [5, 5.41) is 3.11. The Hall–Kier alpha value is -2.56. The summed E-state index contributed by atoms with van der Waals surface area (Å²) in [4.78, 5) is 4.27. The molecule has 1 aliphatic rings. The molecule has 0 aliphatic carbocycles. The lowest BCUT2D eigenvalue weighted by Gasteiger charge is -2.11. The summed E-state index contributed by atoms with van der Waals surface area (Å²) in [7, 11) is 1.55. The van der Waals surface area contributed by atoms with E-state index in [0.717, 1.165) is 24.5 Å². The van der Waals surface area contributed by atoms with E-state index in [-0.39, 0.29) is 5.75 Å². The fourth-order valence-corrected chi connectivity index (χ4v) is 2.14. The monoisotopic (exact) mass is 286 g/mol. The maximum Gasteiger partial charge on any atom is 0.169 e. The summed E-state index contributed by atoms with van der Waals surface area (Å²) in [6.45, 7) is 1.51. The molecular formula is C16H15FN2O2. The first kappa shape index (κ1) is 13.4. The van der Waals surface area contributed by atoms with Crippen LogP contribution in [-0.4, -0.2) is 26.0 Å². The van der Waals surface area contributed by atoms with Crippen molar-refractivity contribution in [2.75, 3.05) is 20.2 Å². The highest BCUT2D eigenvalue weighted by Gasteiger charge is 2.13. The number of ether oxygens (including phenoxy) is 2. The number of benzene rings is 2. The van der Waals surface area contributed by atoms with Crippen LogP contribution in [0.25, 0.3) is 0 Å². The number of methoxy groups -OCH3 is 1. The number of para-hydroxylation sites is 2. The smallest absolute Gasteiger partial charge is 0.169 e. The van der Waals surface area contributed by atoms with E-state index < -0.39 is 5.82 Å². The third-order valence-electron chi connectivity index (χ3n) is 3.17. The molecule has 0 amide bonds. The molecule has 2 aromatic carbocycles. The Bertz CT molecular complexity index is 686. The number of rotatable bonds is 4. The van der Waals surface area contributed by atoms with Gasteiger partial charge in [-0.1, -0.05) is 12.1 Å². The molecule has 0 saturated carbocycles. The second kappa shape index (κ2) is 5.83. The van der Waals surface area contributed by atoms with Crippen molar-refractivity contribution < 1.29 is 13.9 Å². The van der Waals surface area contributed by atoms with Crippen molar-refractivity contribution in [3.05, 3.63) is 53.8 Å². The van der Waals surface area contributed by atoms with E-state index >= 15 is 0 Å². The average molecular weight is 286 g/mol. The van der Waals surface area contributed by atoms with E-state index in [1.54, 1.807) is 37.4 Å². The molecule has 108 valence electrons. The molecule has 1 N–H and O–H groups in total. The molecule has 0 fully saturated rings. The van der Waals surface area contributed by atoms with Crippen molar-refractivity contribution in [3.8, 4) is 17.2 Å². The molecule has 1 aliphatic heterocycles. The van der Waals surface area contributed by atoms with E-state index in [2.05, 4.69) is 10.3 Å². The molecule has 4 nitrogen and oxygen atoms in total.